The average molecular weight is 369 g/mol. The fraction of sp³-hybridized carbons (Fsp3) is 0.333. The Balaban J connectivity index is 1.58. The number of hydrogen-bond donors (Lipinski definition) is 1. The van der Waals surface area contributed by atoms with Gasteiger partial charge in [-0.25, -0.2) is 0 Å². The molecule has 2 aromatic rings. The standard InChI is InChI=1S/C21H23NO5/c1-13-5-4-6-14(2)20(13)22-21(24)15(3)27-19(23)12-16-7-8-17-18(11-16)26-10-9-25-17/h4-8,11,15H,9-10,12H2,1-3H3,(H,22,24)/t15-/m0/s1. The molecule has 2 aromatic carbocycles. The molecule has 0 saturated heterocycles. The largest absolute Gasteiger partial charge is 0.486 e. The van der Waals surface area contributed by atoms with Gasteiger partial charge in [0.05, 0.1) is 6.42 Å². The molecule has 6 heteroatoms. The summed E-state index contributed by atoms with van der Waals surface area (Å²) in [5.41, 5.74) is 3.40. The minimum Gasteiger partial charge on any atom is -0.486 e. The van der Waals surface area contributed by atoms with E-state index in [0.717, 1.165) is 22.4 Å². The van der Waals surface area contributed by atoms with E-state index in [4.69, 9.17) is 14.2 Å². The van der Waals surface area contributed by atoms with Crippen molar-refractivity contribution in [3.63, 3.8) is 0 Å². The number of rotatable bonds is 5. The normalized spacial score (nSPS) is 13.6. The first-order valence-electron chi connectivity index (χ1n) is 8.89. The minimum absolute atomic E-state index is 0.0532. The van der Waals surface area contributed by atoms with E-state index in [0.29, 0.717) is 24.7 Å². The molecule has 0 spiro atoms. The van der Waals surface area contributed by atoms with Crippen molar-refractivity contribution in [1.29, 1.82) is 0 Å². The Morgan fingerprint density at radius 2 is 1.74 bits per heavy atom. The highest BCUT2D eigenvalue weighted by Gasteiger charge is 2.20. The van der Waals surface area contributed by atoms with Crippen molar-refractivity contribution in [1.82, 2.24) is 0 Å². The molecule has 1 amide bonds. The monoisotopic (exact) mass is 369 g/mol. The van der Waals surface area contributed by atoms with Crippen LogP contribution in [0.5, 0.6) is 11.5 Å². The van der Waals surface area contributed by atoms with Crippen LogP contribution >= 0.6 is 0 Å². The molecule has 0 bridgehead atoms. The van der Waals surface area contributed by atoms with Crippen LogP contribution in [0.15, 0.2) is 36.4 Å². The number of carbonyl (C=O) groups excluding carboxylic acids is 2. The van der Waals surface area contributed by atoms with Crippen molar-refractivity contribution < 1.29 is 23.8 Å². The number of anilines is 1. The molecule has 0 fully saturated rings. The van der Waals surface area contributed by atoms with Gasteiger partial charge in [-0.15, -0.1) is 0 Å². The number of benzene rings is 2. The first-order chi connectivity index (χ1) is 12.9. The lowest BCUT2D eigenvalue weighted by atomic mass is 10.1. The summed E-state index contributed by atoms with van der Waals surface area (Å²) in [5.74, 6) is 0.450. The topological polar surface area (TPSA) is 73.9 Å². The maximum atomic E-state index is 12.4. The van der Waals surface area contributed by atoms with E-state index in [9.17, 15) is 9.59 Å². The summed E-state index contributed by atoms with van der Waals surface area (Å²) < 4.78 is 16.3. The number of aryl methyl sites for hydroxylation is 2. The van der Waals surface area contributed by atoms with Crippen LogP contribution in [0.4, 0.5) is 5.69 Å². The molecule has 1 aliphatic heterocycles. The Bertz CT molecular complexity index is 841. The van der Waals surface area contributed by atoms with Crippen LogP contribution in [-0.2, 0) is 20.7 Å². The van der Waals surface area contributed by atoms with Crippen LogP contribution in [0.2, 0.25) is 0 Å². The van der Waals surface area contributed by atoms with Gasteiger partial charge in [0.2, 0.25) is 0 Å². The Labute approximate surface area is 158 Å². The Morgan fingerprint density at radius 1 is 1.07 bits per heavy atom. The number of carbonyl (C=O) groups is 2. The number of hydrogen-bond acceptors (Lipinski definition) is 5. The molecule has 0 radical (unpaired) electrons. The zero-order chi connectivity index (χ0) is 19.4. The molecular weight excluding hydrogens is 346 g/mol. The zero-order valence-corrected chi connectivity index (χ0v) is 15.7. The Hall–Kier alpha value is -3.02. The highest BCUT2D eigenvalue weighted by Crippen LogP contribution is 2.31. The summed E-state index contributed by atoms with van der Waals surface area (Å²) in [4.78, 5) is 24.6. The van der Waals surface area contributed by atoms with Gasteiger partial charge < -0.3 is 19.5 Å². The van der Waals surface area contributed by atoms with Crippen molar-refractivity contribution in [3.05, 3.63) is 53.1 Å². The van der Waals surface area contributed by atoms with Crippen molar-refractivity contribution >= 4 is 17.6 Å². The number of ether oxygens (including phenoxy) is 3. The predicted octanol–water partition coefficient (Wildman–Crippen LogP) is 3.19. The van der Waals surface area contributed by atoms with Gasteiger partial charge in [0, 0.05) is 5.69 Å². The zero-order valence-electron chi connectivity index (χ0n) is 15.7. The van der Waals surface area contributed by atoms with E-state index in [2.05, 4.69) is 5.32 Å². The highest BCUT2D eigenvalue weighted by atomic mass is 16.6. The van der Waals surface area contributed by atoms with Crippen molar-refractivity contribution in [2.75, 3.05) is 18.5 Å². The van der Waals surface area contributed by atoms with Crippen molar-refractivity contribution in [2.45, 2.75) is 33.3 Å². The van der Waals surface area contributed by atoms with Gasteiger partial charge in [-0.05, 0) is 49.6 Å². The van der Waals surface area contributed by atoms with Crippen LogP contribution in [0, 0.1) is 13.8 Å². The first kappa shape index (κ1) is 18.8. The van der Waals surface area contributed by atoms with E-state index in [1.165, 1.54) is 0 Å². The lowest BCUT2D eigenvalue weighted by Gasteiger charge is -2.19. The fourth-order valence-corrected chi connectivity index (χ4v) is 2.89. The summed E-state index contributed by atoms with van der Waals surface area (Å²) in [5, 5.41) is 2.84. The second kappa shape index (κ2) is 8.12. The number of fused-ring (bicyclic) bond motifs is 1. The predicted molar refractivity (Wildman–Crippen MR) is 101 cm³/mol. The fourth-order valence-electron chi connectivity index (χ4n) is 2.89. The summed E-state index contributed by atoms with van der Waals surface area (Å²) in [6.07, 6.45) is -0.841. The molecule has 142 valence electrons. The summed E-state index contributed by atoms with van der Waals surface area (Å²) >= 11 is 0. The van der Waals surface area contributed by atoms with E-state index < -0.39 is 12.1 Å². The van der Waals surface area contributed by atoms with Gasteiger partial charge in [0.25, 0.3) is 5.91 Å². The molecule has 1 aliphatic rings. The van der Waals surface area contributed by atoms with Gasteiger partial charge in [-0.1, -0.05) is 24.3 Å². The quantitative estimate of drug-likeness (QED) is 0.820. The molecular formula is C21H23NO5. The lowest BCUT2D eigenvalue weighted by molar-refractivity contribution is -0.152. The first-order valence-corrected chi connectivity index (χ1v) is 8.89. The van der Waals surface area contributed by atoms with E-state index in [-0.39, 0.29) is 12.3 Å². The molecule has 3 rings (SSSR count). The van der Waals surface area contributed by atoms with E-state index in [1.54, 1.807) is 25.1 Å². The van der Waals surface area contributed by atoms with Crippen LogP contribution < -0.4 is 14.8 Å². The number of nitrogens with one attached hydrogen (secondary N) is 1. The maximum Gasteiger partial charge on any atom is 0.311 e. The third-order valence-corrected chi connectivity index (χ3v) is 4.36. The van der Waals surface area contributed by atoms with Crippen molar-refractivity contribution in [2.24, 2.45) is 0 Å². The number of amides is 1. The van der Waals surface area contributed by atoms with Crippen molar-refractivity contribution in [3.8, 4) is 11.5 Å². The minimum atomic E-state index is -0.895. The van der Waals surface area contributed by atoms with Crippen LogP contribution in [0.1, 0.15) is 23.6 Å². The molecule has 1 N–H and O–H groups in total. The third-order valence-electron chi connectivity index (χ3n) is 4.36. The van der Waals surface area contributed by atoms with Gasteiger partial charge in [0.15, 0.2) is 17.6 Å². The van der Waals surface area contributed by atoms with Gasteiger partial charge >= 0.3 is 5.97 Å². The second-order valence-electron chi connectivity index (χ2n) is 6.54. The highest BCUT2D eigenvalue weighted by molar-refractivity contribution is 5.96. The third kappa shape index (κ3) is 4.58. The van der Waals surface area contributed by atoms with E-state index in [1.807, 2.05) is 32.0 Å². The SMILES string of the molecule is Cc1cccc(C)c1NC(=O)[C@H](C)OC(=O)Cc1ccc2c(c1)OCCO2. The summed E-state index contributed by atoms with van der Waals surface area (Å²) in [7, 11) is 0. The molecule has 0 unspecified atom stereocenters. The van der Waals surface area contributed by atoms with Gasteiger partial charge in [0.1, 0.15) is 13.2 Å². The smallest absolute Gasteiger partial charge is 0.311 e. The molecule has 0 saturated carbocycles. The molecule has 1 atom stereocenters. The van der Waals surface area contributed by atoms with Crippen LogP contribution in [0.3, 0.4) is 0 Å². The molecule has 0 aliphatic carbocycles. The lowest BCUT2D eigenvalue weighted by Crippen LogP contribution is -2.31. The van der Waals surface area contributed by atoms with Gasteiger partial charge in [-0.2, -0.15) is 0 Å². The van der Waals surface area contributed by atoms with Gasteiger partial charge in [-0.3, -0.25) is 9.59 Å². The second-order valence-corrected chi connectivity index (χ2v) is 6.54. The maximum absolute atomic E-state index is 12.4. The number of para-hydroxylation sites is 1. The molecule has 1 heterocycles. The van der Waals surface area contributed by atoms with Crippen LogP contribution in [-0.4, -0.2) is 31.2 Å². The summed E-state index contributed by atoms with van der Waals surface area (Å²) in [6, 6.07) is 11.1. The van der Waals surface area contributed by atoms with Crippen LogP contribution in [0.25, 0.3) is 0 Å². The molecule has 0 aromatic heterocycles. The number of esters is 1. The molecule has 27 heavy (non-hydrogen) atoms. The Kier molecular flexibility index (Phi) is 5.64. The molecule has 6 nitrogen and oxygen atoms in total. The summed E-state index contributed by atoms with van der Waals surface area (Å²) in [6.45, 7) is 6.39. The average Bonchev–Trinajstić information content (AvgIpc) is 2.64. The Morgan fingerprint density at radius 3 is 2.44 bits per heavy atom. The van der Waals surface area contributed by atoms with E-state index >= 15 is 0 Å².